The minimum Gasteiger partial charge on any atom is -0.481 e. The molecule has 2 atom stereocenters. The number of carbonyl (C=O) groups excluding carboxylic acids is 1. The Morgan fingerprint density at radius 3 is 2.61 bits per heavy atom. The van der Waals surface area contributed by atoms with Gasteiger partial charge in [-0.25, -0.2) is 4.79 Å². The third kappa shape index (κ3) is 3.24. The predicted molar refractivity (Wildman–Crippen MR) is 69.3 cm³/mol. The Morgan fingerprint density at radius 1 is 1.50 bits per heavy atom. The highest BCUT2D eigenvalue weighted by atomic mass is 16.4. The predicted octanol–water partition coefficient (Wildman–Crippen LogP) is 1.66. The Balaban J connectivity index is 2.66. The second kappa shape index (κ2) is 6.42. The SMILES string of the molecule is C=CCN(CCC)C(=O)N1C[C@@H](C)[C@H](C(=O)O)C1. The molecule has 5 heteroatoms. The second-order valence-electron chi connectivity index (χ2n) is 4.84. The summed E-state index contributed by atoms with van der Waals surface area (Å²) >= 11 is 0. The molecule has 102 valence electrons. The maximum atomic E-state index is 12.3. The van der Waals surface area contributed by atoms with Gasteiger partial charge >= 0.3 is 12.0 Å². The molecule has 1 rings (SSSR count). The fraction of sp³-hybridized carbons (Fsp3) is 0.692. The van der Waals surface area contributed by atoms with Crippen LogP contribution < -0.4 is 0 Å². The van der Waals surface area contributed by atoms with Crippen molar-refractivity contribution in [2.24, 2.45) is 11.8 Å². The van der Waals surface area contributed by atoms with Crippen LogP contribution in [0, 0.1) is 11.8 Å². The van der Waals surface area contributed by atoms with Gasteiger partial charge in [-0.1, -0.05) is 19.9 Å². The van der Waals surface area contributed by atoms with Crippen LogP contribution in [-0.4, -0.2) is 53.1 Å². The largest absolute Gasteiger partial charge is 0.481 e. The summed E-state index contributed by atoms with van der Waals surface area (Å²) in [7, 11) is 0. The van der Waals surface area contributed by atoms with Crippen molar-refractivity contribution in [3.63, 3.8) is 0 Å². The number of urea groups is 1. The van der Waals surface area contributed by atoms with Gasteiger partial charge in [-0.05, 0) is 12.3 Å². The van der Waals surface area contributed by atoms with Gasteiger partial charge in [0.25, 0.3) is 0 Å². The molecule has 1 N–H and O–H groups in total. The van der Waals surface area contributed by atoms with Crippen molar-refractivity contribution in [3.05, 3.63) is 12.7 Å². The van der Waals surface area contributed by atoms with Crippen LogP contribution in [0.25, 0.3) is 0 Å². The van der Waals surface area contributed by atoms with Crippen molar-refractivity contribution < 1.29 is 14.7 Å². The highest BCUT2D eigenvalue weighted by molar-refractivity contribution is 5.77. The molecule has 1 saturated heterocycles. The van der Waals surface area contributed by atoms with Crippen LogP contribution in [0.2, 0.25) is 0 Å². The first kappa shape index (κ1) is 14.5. The van der Waals surface area contributed by atoms with Gasteiger partial charge in [-0.2, -0.15) is 0 Å². The van der Waals surface area contributed by atoms with Crippen LogP contribution in [0.3, 0.4) is 0 Å². The van der Waals surface area contributed by atoms with Gasteiger partial charge in [0.2, 0.25) is 0 Å². The van der Waals surface area contributed by atoms with Crippen LogP contribution in [0.15, 0.2) is 12.7 Å². The zero-order valence-corrected chi connectivity index (χ0v) is 11.1. The van der Waals surface area contributed by atoms with Gasteiger partial charge in [0.1, 0.15) is 0 Å². The summed E-state index contributed by atoms with van der Waals surface area (Å²) in [5.74, 6) is -1.25. The lowest BCUT2D eigenvalue weighted by Crippen LogP contribution is -2.43. The van der Waals surface area contributed by atoms with E-state index in [2.05, 4.69) is 6.58 Å². The molecule has 0 unspecified atom stereocenters. The molecule has 0 aromatic carbocycles. The first-order valence-electron chi connectivity index (χ1n) is 6.38. The van der Waals surface area contributed by atoms with Crippen molar-refractivity contribution in [2.75, 3.05) is 26.2 Å². The summed E-state index contributed by atoms with van der Waals surface area (Å²) in [6, 6.07) is -0.0765. The van der Waals surface area contributed by atoms with Crippen LogP contribution in [0.1, 0.15) is 20.3 Å². The molecule has 0 aromatic heterocycles. The lowest BCUT2D eigenvalue weighted by Gasteiger charge is -2.26. The Kier molecular flexibility index (Phi) is 5.19. The number of carboxylic acids is 1. The molecule has 1 aliphatic heterocycles. The van der Waals surface area contributed by atoms with Crippen molar-refractivity contribution in [2.45, 2.75) is 20.3 Å². The zero-order chi connectivity index (χ0) is 13.7. The monoisotopic (exact) mass is 254 g/mol. The minimum atomic E-state index is -0.816. The quantitative estimate of drug-likeness (QED) is 0.759. The molecule has 1 heterocycles. The van der Waals surface area contributed by atoms with Crippen molar-refractivity contribution in [1.82, 2.24) is 9.80 Å². The number of aliphatic carboxylic acids is 1. The maximum Gasteiger partial charge on any atom is 0.320 e. The number of rotatable bonds is 5. The molecule has 2 amide bonds. The molecule has 0 radical (unpaired) electrons. The molecule has 0 aliphatic carbocycles. The molecule has 0 spiro atoms. The summed E-state index contributed by atoms with van der Waals surface area (Å²) in [6.45, 7) is 9.55. The number of amides is 2. The standard InChI is InChI=1S/C13H22N2O3/c1-4-6-14(7-5-2)13(18)15-8-10(3)11(9-15)12(16)17/h4,10-11H,1,5-9H2,2-3H3,(H,16,17)/t10-,11-/m1/s1. The summed E-state index contributed by atoms with van der Waals surface area (Å²) < 4.78 is 0. The Bertz CT molecular complexity index is 330. The number of carboxylic acid groups (broad SMARTS) is 1. The van der Waals surface area contributed by atoms with Crippen molar-refractivity contribution in [1.29, 1.82) is 0 Å². The first-order chi connectivity index (χ1) is 8.51. The minimum absolute atomic E-state index is 0.0126. The van der Waals surface area contributed by atoms with Crippen LogP contribution in [0.4, 0.5) is 4.79 Å². The van der Waals surface area contributed by atoms with Gasteiger partial charge in [-0.3, -0.25) is 4.79 Å². The molecule has 18 heavy (non-hydrogen) atoms. The third-order valence-electron chi connectivity index (χ3n) is 3.31. The normalized spacial score (nSPS) is 22.9. The van der Waals surface area contributed by atoms with E-state index < -0.39 is 11.9 Å². The van der Waals surface area contributed by atoms with E-state index in [0.717, 1.165) is 6.42 Å². The fourth-order valence-electron chi connectivity index (χ4n) is 2.34. The summed E-state index contributed by atoms with van der Waals surface area (Å²) in [5, 5.41) is 9.06. The van der Waals surface area contributed by atoms with E-state index in [0.29, 0.717) is 26.2 Å². The highest BCUT2D eigenvalue weighted by Gasteiger charge is 2.38. The molecule has 0 bridgehead atoms. The van der Waals surface area contributed by atoms with Crippen LogP contribution in [0.5, 0.6) is 0 Å². The van der Waals surface area contributed by atoms with Crippen LogP contribution in [-0.2, 0) is 4.79 Å². The number of nitrogens with zero attached hydrogens (tertiary/aromatic N) is 2. The van der Waals surface area contributed by atoms with E-state index in [4.69, 9.17) is 5.11 Å². The Labute approximate surface area is 108 Å². The van der Waals surface area contributed by atoms with E-state index in [1.54, 1.807) is 15.9 Å². The van der Waals surface area contributed by atoms with Gasteiger partial charge in [0, 0.05) is 26.2 Å². The lowest BCUT2D eigenvalue weighted by molar-refractivity contribution is -0.142. The van der Waals surface area contributed by atoms with Crippen molar-refractivity contribution in [3.8, 4) is 0 Å². The van der Waals surface area contributed by atoms with E-state index >= 15 is 0 Å². The van der Waals surface area contributed by atoms with E-state index in [-0.39, 0.29) is 11.9 Å². The fourth-order valence-corrected chi connectivity index (χ4v) is 2.34. The highest BCUT2D eigenvalue weighted by Crippen LogP contribution is 2.24. The smallest absolute Gasteiger partial charge is 0.320 e. The average molecular weight is 254 g/mol. The Hall–Kier alpha value is -1.52. The second-order valence-corrected chi connectivity index (χ2v) is 4.84. The van der Waals surface area contributed by atoms with Crippen LogP contribution >= 0.6 is 0 Å². The summed E-state index contributed by atoms with van der Waals surface area (Å²) in [6.07, 6.45) is 2.58. The summed E-state index contributed by atoms with van der Waals surface area (Å²) in [5.41, 5.74) is 0. The van der Waals surface area contributed by atoms with Gasteiger partial charge < -0.3 is 14.9 Å². The maximum absolute atomic E-state index is 12.3. The average Bonchev–Trinajstić information content (AvgIpc) is 2.70. The number of hydrogen-bond donors (Lipinski definition) is 1. The molecule has 1 aliphatic rings. The van der Waals surface area contributed by atoms with Gasteiger partial charge in [0.05, 0.1) is 5.92 Å². The molecule has 0 aromatic rings. The molecule has 0 saturated carbocycles. The number of carbonyl (C=O) groups is 2. The van der Waals surface area contributed by atoms with Gasteiger partial charge in [-0.15, -0.1) is 6.58 Å². The van der Waals surface area contributed by atoms with E-state index in [9.17, 15) is 9.59 Å². The molecular formula is C13H22N2O3. The molecular weight excluding hydrogens is 232 g/mol. The zero-order valence-electron chi connectivity index (χ0n) is 11.1. The van der Waals surface area contributed by atoms with E-state index in [1.165, 1.54) is 0 Å². The van der Waals surface area contributed by atoms with Crippen molar-refractivity contribution >= 4 is 12.0 Å². The lowest BCUT2D eigenvalue weighted by atomic mass is 9.99. The summed E-state index contributed by atoms with van der Waals surface area (Å²) in [4.78, 5) is 26.6. The molecule has 1 fully saturated rings. The topological polar surface area (TPSA) is 60.9 Å². The number of likely N-dealkylation sites (tertiary alicyclic amines) is 1. The number of hydrogen-bond acceptors (Lipinski definition) is 2. The van der Waals surface area contributed by atoms with Gasteiger partial charge in [0.15, 0.2) is 0 Å². The third-order valence-corrected chi connectivity index (χ3v) is 3.31. The van der Waals surface area contributed by atoms with E-state index in [1.807, 2.05) is 13.8 Å². The first-order valence-corrected chi connectivity index (χ1v) is 6.38. The molecule has 5 nitrogen and oxygen atoms in total. The Morgan fingerprint density at radius 2 is 2.17 bits per heavy atom.